The molecule has 1 aliphatic heterocycles. The molecule has 1 fully saturated rings. The third-order valence-electron chi connectivity index (χ3n) is 5.22. The lowest BCUT2D eigenvalue weighted by Gasteiger charge is -2.10. The van der Waals surface area contributed by atoms with Crippen LogP contribution in [0.1, 0.15) is 30.0 Å². The summed E-state index contributed by atoms with van der Waals surface area (Å²) in [7, 11) is -3.58. The lowest BCUT2D eigenvalue weighted by Crippen LogP contribution is -2.28. The van der Waals surface area contributed by atoms with Crippen LogP contribution in [0.25, 0.3) is 11.4 Å². The van der Waals surface area contributed by atoms with Gasteiger partial charge in [-0.2, -0.15) is 5.10 Å². The Hall–Kier alpha value is -2.78. The van der Waals surface area contributed by atoms with E-state index in [-0.39, 0.29) is 11.4 Å². The first-order valence-corrected chi connectivity index (χ1v) is 11.2. The Morgan fingerprint density at radius 1 is 1.17 bits per heavy atom. The fraction of sp³-hybridized carbons (Fsp3) is 0.350. The van der Waals surface area contributed by atoms with Gasteiger partial charge in [-0.15, -0.1) is 0 Å². The van der Waals surface area contributed by atoms with Gasteiger partial charge in [0.05, 0.1) is 24.2 Å². The molecule has 1 aromatic carbocycles. The van der Waals surface area contributed by atoms with Crippen LogP contribution in [0, 0.1) is 0 Å². The molecule has 9 heteroatoms. The Morgan fingerprint density at radius 3 is 2.86 bits per heavy atom. The zero-order valence-electron chi connectivity index (χ0n) is 15.8. The van der Waals surface area contributed by atoms with E-state index in [2.05, 4.69) is 19.8 Å². The Balaban J connectivity index is 1.30. The van der Waals surface area contributed by atoms with Crippen LogP contribution in [0.2, 0.25) is 0 Å². The van der Waals surface area contributed by atoms with E-state index in [9.17, 15) is 8.42 Å². The largest absolute Gasteiger partial charge is 0.493 e. The van der Waals surface area contributed by atoms with Gasteiger partial charge in [-0.05, 0) is 42.7 Å². The van der Waals surface area contributed by atoms with Crippen LogP contribution in [-0.4, -0.2) is 41.3 Å². The normalized spacial score (nSPS) is 15.9. The maximum atomic E-state index is 12.7. The van der Waals surface area contributed by atoms with Crippen molar-refractivity contribution in [2.75, 3.05) is 13.2 Å². The highest BCUT2D eigenvalue weighted by Gasteiger charge is 2.28. The molecule has 3 aromatic rings. The molecule has 1 saturated carbocycles. The number of aromatic nitrogens is 4. The van der Waals surface area contributed by atoms with Gasteiger partial charge in [0.2, 0.25) is 10.0 Å². The van der Waals surface area contributed by atoms with Gasteiger partial charge in [0, 0.05) is 37.0 Å². The van der Waals surface area contributed by atoms with Crippen molar-refractivity contribution in [1.82, 2.24) is 24.5 Å². The van der Waals surface area contributed by atoms with Crippen LogP contribution in [0.15, 0.2) is 47.8 Å². The number of nitrogens with zero attached hydrogens (tertiary/aromatic N) is 4. The monoisotopic (exact) mass is 411 g/mol. The number of ether oxygens (including phenoxy) is 1. The first kappa shape index (κ1) is 18.3. The van der Waals surface area contributed by atoms with Crippen molar-refractivity contribution in [3.63, 3.8) is 0 Å². The second-order valence-electron chi connectivity index (χ2n) is 7.31. The fourth-order valence-electron chi connectivity index (χ4n) is 3.57. The first-order chi connectivity index (χ1) is 14.1. The van der Waals surface area contributed by atoms with Crippen molar-refractivity contribution in [2.45, 2.75) is 36.6 Å². The highest BCUT2D eigenvalue weighted by atomic mass is 32.2. The van der Waals surface area contributed by atoms with Crippen molar-refractivity contribution in [1.29, 1.82) is 0 Å². The van der Waals surface area contributed by atoms with Crippen LogP contribution < -0.4 is 9.46 Å². The van der Waals surface area contributed by atoms with Gasteiger partial charge in [-0.1, -0.05) is 0 Å². The number of benzene rings is 1. The summed E-state index contributed by atoms with van der Waals surface area (Å²) in [5.74, 6) is 1.26. The van der Waals surface area contributed by atoms with Crippen molar-refractivity contribution in [3.05, 3.63) is 54.1 Å². The van der Waals surface area contributed by atoms with Gasteiger partial charge < -0.3 is 4.74 Å². The van der Waals surface area contributed by atoms with E-state index in [1.165, 1.54) is 0 Å². The average molecular weight is 411 g/mol. The van der Waals surface area contributed by atoms with Gasteiger partial charge in [0.25, 0.3) is 0 Å². The Morgan fingerprint density at radius 2 is 2.07 bits per heavy atom. The molecule has 0 amide bonds. The standard InChI is InChI=1S/C20H21N5O3S/c26-29(27,16-3-4-20-15(11-16)5-10-28-20)23-8-9-25-19(14-1-2-14)12-17(24-25)18-13-21-6-7-22-18/h3-4,6-7,11-14,23H,1-2,5,8-10H2. The summed E-state index contributed by atoms with van der Waals surface area (Å²) in [5, 5.41) is 4.64. The molecule has 3 heterocycles. The summed E-state index contributed by atoms with van der Waals surface area (Å²) in [6, 6.07) is 7.04. The van der Waals surface area contributed by atoms with Crippen LogP contribution in [0.3, 0.4) is 0 Å². The Bertz CT molecular complexity index is 1140. The van der Waals surface area contributed by atoms with E-state index in [1.54, 1.807) is 36.8 Å². The van der Waals surface area contributed by atoms with Crippen molar-refractivity contribution in [3.8, 4) is 17.1 Å². The molecular weight excluding hydrogens is 390 g/mol. The molecule has 0 saturated heterocycles. The summed E-state index contributed by atoms with van der Waals surface area (Å²) < 4.78 is 35.4. The van der Waals surface area contributed by atoms with Crippen molar-refractivity contribution >= 4 is 10.0 Å². The SMILES string of the molecule is O=S(=O)(NCCn1nc(-c2cnccn2)cc1C1CC1)c1ccc2c(c1)CCO2. The smallest absolute Gasteiger partial charge is 0.240 e. The summed E-state index contributed by atoms with van der Waals surface area (Å²) >= 11 is 0. The van der Waals surface area contributed by atoms with Crippen LogP contribution >= 0.6 is 0 Å². The Labute approximate surface area is 169 Å². The first-order valence-electron chi connectivity index (χ1n) is 9.70. The van der Waals surface area contributed by atoms with Gasteiger partial charge >= 0.3 is 0 Å². The number of rotatable bonds is 7. The minimum Gasteiger partial charge on any atom is -0.493 e. The molecule has 2 aromatic heterocycles. The van der Waals surface area contributed by atoms with Crippen LogP contribution in [0.5, 0.6) is 5.75 Å². The molecule has 2 aliphatic rings. The van der Waals surface area contributed by atoms with Crippen molar-refractivity contribution in [2.24, 2.45) is 0 Å². The summed E-state index contributed by atoms with van der Waals surface area (Å²) in [4.78, 5) is 8.68. The molecule has 0 bridgehead atoms. The minimum absolute atomic E-state index is 0.261. The Kier molecular flexibility index (Phi) is 4.56. The van der Waals surface area contributed by atoms with Crippen molar-refractivity contribution < 1.29 is 13.2 Å². The second-order valence-corrected chi connectivity index (χ2v) is 9.08. The number of nitrogens with one attached hydrogen (secondary N) is 1. The molecule has 0 unspecified atom stereocenters. The molecule has 29 heavy (non-hydrogen) atoms. The van der Waals surface area contributed by atoms with Gasteiger partial charge in [-0.25, -0.2) is 13.1 Å². The zero-order chi connectivity index (χ0) is 19.8. The second kappa shape index (κ2) is 7.23. The van der Waals surface area contributed by atoms with Gasteiger partial charge in [0.15, 0.2) is 0 Å². The van der Waals surface area contributed by atoms with Crippen LogP contribution in [-0.2, 0) is 23.0 Å². The van der Waals surface area contributed by atoms with E-state index >= 15 is 0 Å². The molecule has 0 atom stereocenters. The topological polar surface area (TPSA) is 99.0 Å². The quantitative estimate of drug-likeness (QED) is 0.639. The maximum absolute atomic E-state index is 12.7. The third kappa shape index (κ3) is 3.75. The summed E-state index contributed by atoms with van der Waals surface area (Å²) in [6.45, 7) is 1.32. The zero-order valence-corrected chi connectivity index (χ0v) is 16.6. The van der Waals surface area contributed by atoms with E-state index in [0.29, 0.717) is 24.8 Å². The molecule has 0 radical (unpaired) electrons. The fourth-order valence-corrected chi connectivity index (χ4v) is 4.65. The van der Waals surface area contributed by atoms with E-state index in [4.69, 9.17) is 4.74 Å². The minimum atomic E-state index is -3.58. The molecule has 8 nitrogen and oxygen atoms in total. The number of hydrogen-bond donors (Lipinski definition) is 1. The van der Waals surface area contributed by atoms with E-state index < -0.39 is 10.0 Å². The molecular formula is C20H21N5O3S. The summed E-state index contributed by atoms with van der Waals surface area (Å²) in [5.41, 5.74) is 3.54. The highest BCUT2D eigenvalue weighted by Crippen LogP contribution is 2.41. The van der Waals surface area contributed by atoms with E-state index in [1.807, 2.05) is 10.7 Å². The lowest BCUT2D eigenvalue weighted by molar-refractivity contribution is 0.356. The third-order valence-corrected chi connectivity index (χ3v) is 6.68. The molecule has 1 aliphatic carbocycles. The average Bonchev–Trinajstić information content (AvgIpc) is 3.31. The maximum Gasteiger partial charge on any atom is 0.240 e. The molecule has 0 spiro atoms. The molecule has 5 rings (SSSR count). The summed E-state index contributed by atoms with van der Waals surface area (Å²) in [6.07, 6.45) is 7.96. The highest BCUT2D eigenvalue weighted by molar-refractivity contribution is 7.89. The molecule has 1 N–H and O–H groups in total. The van der Waals surface area contributed by atoms with Gasteiger partial charge in [0.1, 0.15) is 17.1 Å². The number of sulfonamides is 1. The predicted molar refractivity (Wildman–Crippen MR) is 106 cm³/mol. The van der Waals surface area contributed by atoms with Crippen LogP contribution in [0.4, 0.5) is 0 Å². The number of hydrogen-bond acceptors (Lipinski definition) is 6. The van der Waals surface area contributed by atoms with Gasteiger partial charge in [-0.3, -0.25) is 14.6 Å². The number of fused-ring (bicyclic) bond motifs is 1. The predicted octanol–water partition coefficient (Wildman–Crippen LogP) is 2.13. The molecule has 150 valence electrons. The lowest BCUT2D eigenvalue weighted by atomic mass is 10.2. The van der Waals surface area contributed by atoms with E-state index in [0.717, 1.165) is 42.0 Å².